The highest BCUT2D eigenvalue weighted by atomic mass is 15.3. The second kappa shape index (κ2) is 9.97. The molecule has 0 radical (unpaired) electrons. The largest absolute Gasteiger partial charge is 0.265 e. The van der Waals surface area contributed by atoms with Crippen molar-refractivity contribution < 1.29 is 0 Å². The van der Waals surface area contributed by atoms with Gasteiger partial charge in [0.05, 0.1) is 0 Å². The van der Waals surface area contributed by atoms with E-state index in [2.05, 4.69) is 77.3 Å². The highest BCUT2D eigenvalue weighted by molar-refractivity contribution is 5.67. The summed E-state index contributed by atoms with van der Waals surface area (Å²) in [5.41, 5.74) is 4.92. The summed E-state index contributed by atoms with van der Waals surface area (Å²) in [6, 6.07) is 23.1. The number of nitrogens with zero attached hydrogens (tertiary/aromatic N) is 4. The molecule has 0 aliphatic carbocycles. The predicted octanol–water partition coefficient (Wildman–Crippen LogP) is 5.71. The van der Waals surface area contributed by atoms with Crippen LogP contribution in [0.2, 0.25) is 0 Å². The van der Waals surface area contributed by atoms with Crippen LogP contribution in [0.25, 0.3) is 11.1 Å². The third kappa shape index (κ3) is 5.01. The Hall–Kier alpha value is -3.27. The quantitative estimate of drug-likeness (QED) is 0.340. The molecule has 0 saturated carbocycles. The van der Waals surface area contributed by atoms with Crippen molar-refractivity contribution in [2.75, 3.05) is 0 Å². The Labute approximate surface area is 178 Å². The molecule has 152 valence electrons. The van der Waals surface area contributed by atoms with Crippen molar-refractivity contribution in [1.29, 1.82) is 0 Å². The number of unbranched alkanes of at least 4 members (excludes halogenated alkanes) is 2. The Morgan fingerprint density at radius 3 is 2.37 bits per heavy atom. The Bertz CT molecular complexity index is 1050. The van der Waals surface area contributed by atoms with Crippen molar-refractivity contribution in [3.63, 3.8) is 0 Å². The molecule has 0 bridgehead atoms. The lowest BCUT2D eigenvalue weighted by Gasteiger charge is -2.10. The number of hydrogen-bond acceptors (Lipinski definition) is 3. The molecule has 0 aliphatic heterocycles. The first-order valence-corrected chi connectivity index (χ1v) is 10.8. The van der Waals surface area contributed by atoms with Crippen LogP contribution in [0, 0.1) is 0 Å². The van der Waals surface area contributed by atoms with Gasteiger partial charge in [-0.05, 0) is 40.8 Å². The van der Waals surface area contributed by atoms with Crippen LogP contribution in [0.4, 0.5) is 0 Å². The van der Waals surface area contributed by atoms with Gasteiger partial charge in [-0.3, -0.25) is 4.98 Å². The van der Waals surface area contributed by atoms with Crippen molar-refractivity contribution >= 4 is 0 Å². The summed E-state index contributed by atoms with van der Waals surface area (Å²) >= 11 is 0. The number of aryl methyl sites for hydroxylation is 1. The smallest absolute Gasteiger partial charge is 0.155 e. The highest BCUT2D eigenvalue weighted by Crippen LogP contribution is 2.25. The fourth-order valence-electron chi connectivity index (χ4n) is 3.76. The van der Waals surface area contributed by atoms with E-state index in [9.17, 15) is 0 Å². The maximum Gasteiger partial charge on any atom is 0.155 e. The van der Waals surface area contributed by atoms with E-state index >= 15 is 0 Å². The van der Waals surface area contributed by atoms with Gasteiger partial charge in [-0.2, -0.15) is 5.10 Å². The molecule has 2 aromatic carbocycles. The summed E-state index contributed by atoms with van der Waals surface area (Å²) in [5.74, 6) is 1.94. The third-order valence-corrected chi connectivity index (χ3v) is 5.33. The SMILES string of the molecule is CCCCCn1nc(Cc2ccccc2)nc1Cc1ccccc1-c1ccncc1. The van der Waals surface area contributed by atoms with E-state index in [1.807, 2.05) is 18.5 Å². The van der Waals surface area contributed by atoms with Gasteiger partial charge in [0.15, 0.2) is 5.82 Å². The molecular weight excluding hydrogens is 368 g/mol. The third-order valence-electron chi connectivity index (χ3n) is 5.33. The molecule has 4 heteroatoms. The first kappa shape index (κ1) is 20.0. The molecule has 0 spiro atoms. The number of rotatable bonds is 9. The maximum absolute atomic E-state index is 4.95. The second-order valence-electron chi connectivity index (χ2n) is 7.61. The molecule has 30 heavy (non-hydrogen) atoms. The van der Waals surface area contributed by atoms with Crippen molar-refractivity contribution in [3.05, 3.63) is 102 Å². The first-order chi connectivity index (χ1) is 14.8. The molecule has 0 N–H and O–H groups in total. The van der Waals surface area contributed by atoms with E-state index < -0.39 is 0 Å². The monoisotopic (exact) mass is 396 g/mol. The van der Waals surface area contributed by atoms with E-state index in [0.29, 0.717) is 0 Å². The lowest BCUT2D eigenvalue weighted by atomic mass is 9.98. The van der Waals surface area contributed by atoms with Gasteiger partial charge in [0.1, 0.15) is 5.82 Å². The van der Waals surface area contributed by atoms with Crippen LogP contribution < -0.4 is 0 Å². The molecular formula is C26H28N4. The molecule has 4 aromatic rings. The van der Waals surface area contributed by atoms with Gasteiger partial charge in [0.2, 0.25) is 0 Å². The van der Waals surface area contributed by atoms with Gasteiger partial charge >= 0.3 is 0 Å². The summed E-state index contributed by atoms with van der Waals surface area (Å²) < 4.78 is 2.12. The standard InChI is InChI=1S/C26H28N4/c1-2-3-9-18-30-26(28-25(29-30)19-21-10-5-4-6-11-21)20-23-12-7-8-13-24(23)22-14-16-27-17-15-22/h4-8,10-17H,2-3,9,18-20H2,1H3. The predicted molar refractivity (Wildman–Crippen MR) is 121 cm³/mol. The summed E-state index contributed by atoms with van der Waals surface area (Å²) in [4.78, 5) is 9.11. The van der Waals surface area contributed by atoms with E-state index in [4.69, 9.17) is 10.1 Å². The van der Waals surface area contributed by atoms with Crippen LogP contribution in [-0.2, 0) is 19.4 Å². The molecule has 4 rings (SSSR count). The van der Waals surface area contributed by atoms with Gasteiger partial charge in [-0.15, -0.1) is 0 Å². The second-order valence-corrected chi connectivity index (χ2v) is 7.61. The van der Waals surface area contributed by atoms with Crippen LogP contribution in [0.15, 0.2) is 79.1 Å². The minimum atomic E-state index is 0.765. The zero-order valence-electron chi connectivity index (χ0n) is 17.5. The molecule has 2 heterocycles. The Morgan fingerprint density at radius 2 is 1.57 bits per heavy atom. The van der Waals surface area contributed by atoms with Crippen molar-refractivity contribution in [3.8, 4) is 11.1 Å². The van der Waals surface area contributed by atoms with Crippen LogP contribution >= 0.6 is 0 Å². The van der Waals surface area contributed by atoms with Gasteiger partial charge in [-0.25, -0.2) is 9.67 Å². The van der Waals surface area contributed by atoms with Crippen LogP contribution in [0.1, 0.15) is 49.0 Å². The number of pyridine rings is 1. The van der Waals surface area contributed by atoms with E-state index in [1.54, 1.807) is 0 Å². The number of aromatic nitrogens is 4. The van der Waals surface area contributed by atoms with Crippen molar-refractivity contribution in [2.24, 2.45) is 0 Å². The van der Waals surface area contributed by atoms with Crippen LogP contribution in [0.5, 0.6) is 0 Å². The van der Waals surface area contributed by atoms with E-state index in [0.717, 1.165) is 37.5 Å². The summed E-state index contributed by atoms with van der Waals surface area (Å²) in [7, 11) is 0. The average Bonchev–Trinajstić information content (AvgIpc) is 3.16. The zero-order chi connectivity index (χ0) is 20.6. The molecule has 0 saturated heterocycles. The fraction of sp³-hybridized carbons (Fsp3) is 0.269. The lowest BCUT2D eigenvalue weighted by Crippen LogP contribution is -2.07. The van der Waals surface area contributed by atoms with Crippen LogP contribution in [-0.4, -0.2) is 19.7 Å². The number of benzene rings is 2. The van der Waals surface area contributed by atoms with Crippen molar-refractivity contribution in [2.45, 2.75) is 45.6 Å². The topological polar surface area (TPSA) is 43.6 Å². The Kier molecular flexibility index (Phi) is 6.65. The zero-order valence-corrected chi connectivity index (χ0v) is 17.5. The highest BCUT2D eigenvalue weighted by Gasteiger charge is 2.14. The Balaban J connectivity index is 1.63. The summed E-state index contributed by atoms with van der Waals surface area (Å²) in [5, 5.41) is 4.87. The molecule has 0 fully saturated rings. The number of hydrogen-bond donors (Lipinski definition) is 0. The summed E-state index contributed by atoms with van der Waals surface area (Å²) in [6.45, 7) is 3.15. The van der Waals surface area contributed by atoms with Gasteiger partial charge in [-0.1, -0.05) is 74.4 Å². The maximum atomic E-state index is 4.95. The van der Waals surface area contributed by atoms with E-state index in [-0.39, 0.29) is 0 Å². The average molecular weight is 397 g/mol. The van der Waals surface area contributed by atoms with Gasteiger partial charge in [0, 0.05) is 31.8 Å². The fourth-order valence-corrected chi connectivity index (χ4v) is 3.76. The molecule has 0 atom stereocenters. The van der Waals surface area contributed by atoms with Gasteiger partial charge in [0.25, 0.3) is 0 Å². The van der Waals surface area contributed by atoms with Crippen LogP contribution in [0.3, 0.4) is 0 Å². The summed E-state index contributed by atoms with van der Waals surface area (Å²) in [6.07, 6.45) is 8.76. The molecule has 0 aliphatic rings. The first-order valence-electron chi connectivity index (χ1n) is 10.8. The minimum absolute atomic E-state index is 0.765. The minimum Gasteiger partial charge on any atom is -0.265 e. The van der Waals surface area contributed by atoms with Gasteiger partial charge < -0.3 is 0 Å². The molecule has 0 unspecified atom stereocenters. The lowest BCUT2D eigenvalue weighted by molar-refractivity contribution is 0.532. The Morgan fingerprint density at radius 1 is 0.800 bits per heavy atom. The van der Waals surface area contributed by atoms with E-state index in [1.165, 1.54) is 35.1 Å². The normalized spacial score (nSPS) is 11.0. The molecule has 0 amide bonds. The molecule has 2 aromatic heterocycles. The van der Waals surface area contributed by atoms with Crippen molar-refractivity contribution in [1.82, 2.24) is 19.7 Å². The molecule has 4 nitrogen and oxygen atoms in total.